The van der Waals surface area contributed by atoms with E-state index in [0.717, 1.165) is 12.8 Å². The van der Waals surface area contributed by atoms with E-state index in [1.54, 1.807) is 0 Å². The third kappa shape index (κ3) is 1.26. The first-order valence-electron chi connectivity index (χ1n) is 5.00. The van der Waals surface area contributed by atoms with Crippen LogP contribution in [0.1, 0.15) is 26.7 Å². The van der Waals surface area contributed by atoms with Gasteiger partial charge < -0.3 is 9.84 Å². The summed E-state index contributed by atoms with van der Waals surface area (Å²) >= 11 is 0. The van der Waals surface area contributed by atoms with Gasteiger partial charge in [0.05, 0.1) is 5.92 Å². The van der Waals surface area contributed by atoms with Gasteiger partial charge in [0.1, 0.15) is 0 Å². The van der Waals surface area contributed by atoms with Crippen LogP contribution >= 0.6 is 0 Å². The Morgan fingerprint density at radius 2 is 2.08 bits per heavy atom. The minimum absolute atomic E-state index is 0.0293. The van der Waals surface area contributed by atoms with Gasteiger partial charge in [0, 0.05) is 5.92 Å². The van der Waals surface area contributed by atoms with Gasteiger partial charge in [-0.15, -0.1) is 0 Å². The molecule has 13 heavy (non-hydrogen) atoms. The Morgan fingerprint density at radius 1 is 1.38 bits per heavy atom. The molecule has 74 valence electrons. The van der Waals surface area contributed by atoms with Crippen LogP contribution in [0.3, 0.4) is 0 Å². The molecule has 0 aromatic rings. The summed E-state index contributed by atoms with van der Waals surface area (Å²) < 4.78 is 4.90. The Kier molecular flexibility index (Phi) is 2.06. The van der Waals surface area contributed by atoms with Crippen LogP contribution in [0.15, 0.2) is 0 Å². The van der Waals surface area contributed by atoms with E-state index in [1.807, 2.05) is 6.92 Å². The lowest BCUT2D eigenvalue weighted by Crippen LogP contribution is -2.43. The van der Waals surface area contributed by atoms with E-state index >= 15 is 0 Å². The highest BCUT2D eigenvalue weighted by Crippen LogP contribution is 2.46. The quantitative estimate of drug-likeness (QED) is 0.575. The Labute approximate surface area is 78.1 Å². The number of ether oxygens (including phenoxy) is 1. The van der Waals surface area contributed by atoms with Gasteiger partial charge in [-0.3, -0.25) is 4.79 Å². The average Bonchev–Trinajstić information content (AvgIpc) is 2.44. The summed E-state index contributed by atoms with van der Waals surface area (Å²) in [6, 6.07) is 0. The summed E-state index contributed by atoms with van der Waals surface area (Å²) in [7, 11) is 0. The van der Waals surface area contributed by atoms with Crippen LogP contribution in [0.25, 0.3) is 0 Å². The number of cyclic esters (lactones) is 1. The van der Waals surface area contributed by atoms with Crippen molar-refractivity contribution >= 4 is 5.97 Å². The molecule has 1 saturated carbocycles. The SMILES string of the molecule is CC1CCC2C(C)C(=O)OC(O)C12. The summed E-state index contributed by atoms with van der Waals surface area (Å²) in [5.41, 5.74) is 0. The van der Waals surface area contributed by atoms with Crippen molar-refractivity contribution in [3.63, 3.8) is 0 Å². The van der Waals surface area contributed by atoms with Crippen molar-refractivity contribution < 1.29 is 14.6 Å². The first kappa shape index (κ1) is 9.00. The number of hydrogen-bond donors (Lipinski definition) is 1. The van der Waals surface area contributed by atoms with E-state index in [2.05, 4.69) is 6.92 Å². The van der Waals surface area contributed by atoms with Crippen LogP contribution in [-0.2, 0) is 9.53 Å². The zero-order valence-electron chi connectivity index (χ0n) is 8.06. The molecule has 2 fully saturated rings. The van der Waals surface area contributed by atoms with Gasteiger partial charge in [0.25, 0.3) is 0 Å². The van der Waals surface area contributed by atoms with Crippen LogP contribution in [0.5, 0.6) is 0 Å². The van der Waals surface area contributed by atoms with Crippen LogP contribution in [0.2, 0.25) is 0 Å². The molecule has 2 rings (SSSR count). The van der Waals surface area contributed by atoms with Gasteiger partial charge in [-0.25, -0.2) is 0 Å². The highest BCUT2D eigenvalue weighted by molar-refractivity contribution is 5.73. The van der Waals surface area contributed by atoms with Crippen molar-refractivity contribution in [3.05, 3.63) is 0 Å². The Balaban J connectivity index is 2.21. The maximum Gasteiger partial charge on any atom is 0.311 e. The molecule has 1 saturated heterocycles. The second-order valence-electron chi connectivity index (χ2n) is 4.41. The van der Waals surface area contributed by atoms with Crippen molar-refractivity contribution in [2.45, 2.75) is 33.0 Å². The largest absolute Gasteiger partial charge is 0.435 e. The molecule has 3 nitrogen and oxygen atoms in total. The van der Waals surface area contributed by atoms with E-state index in [0.29, 0.717) is 11.8 Å². The van der Waals surface area contributed by atoms with E-state index in [1.165, 1.54) is 0 Å². The fraction of sp³-hybridized carbons (Fsp3) is 0.900. The molecule has 0 bridgehead atoms. The molecule has 3 heteroatoms. The molecule has 0 aromatic heterocycles. The predicted octanol–water partition coefficient (Wildman–Crippen LogP) is 1.16. The molecule has 5 unspecified atom stereocenters. The molecule has 0 radical (unpaired) electrons. The molecule has 1 heterocycles. The number of fused-ring (bicyclic) bond motifs is 1. The highest BCUT2D eigenvalue weighted by Gasteiger charge is 2.48. The molecule has 0 amide bonds. The van der Waals surface area contributed by atoms with Crippen molar-refractivity contribution in [3.8, 4) is 0 Å². The normalized spacial score (nSPS) is 50.1. The lowest BCUT2D eigenvalue weighted by Gasteiger charge is -2.35. The Hall–Kier alpha value is -0.570. The second-order valence-corrected chi connectivity index (χ2v) is 4.41. The third-order valence-corrected chi connectivity index (χ3v) is 3.69. The minimum atomic E-state index is -0.855. The molecule has 5 atom stereocenters. The monoisotopic (exact) mass is 184 g/mol. The number of rotatable bonds is 0. The summed E-state index contributed by atoms with van der Waals surface area (Å²) in [6.07, 6.45) is 1.30. The van der Waals surface area contributed by atoms with Crippen LogP contribution in [0.4, 0.5) is 0 Å². The second kappa shape index (κ2) is 2.98. The smallest absolute Gasteiger partial charge is 0.311 e. The van der Waals surface area contributed by atoms with Gasteiger partial charge in [-0.05, 0) is 24.7 Å². The first-order valence-corrected chi connectivity index (χ1v) is 5.00. The van der Waals surface area contributed by atoms with Gasteiger partial charge in [-0.1, -0.05) is 13.8 Å². The van der Waals surface area contributed by atoms with Crippen molar-refractivity contribution in [2.24, 2.45) is 23.7 Å². The zero-order valence-corrected chi connectivity index (χ0v) is 8.06. The van der Waals surface area contributed by atoms with Gasteiger partial charge >= 0.3 is 5.97 Å². The number of esters is 1. The summed E-state index contributed by atoms with van der Waals surface area (Å²) in [6.45, 7) is 4.03. The maximum atomic E-state index is 11.3. The Bertz CT molecular complexity index is 226. The lowest BCUT2D eigenvalue weighted by atomic mass is 9.80. The third-order valence-electron chi connectivity index (χ3n) is 3.69. The number of hydrogen-bond acceptors (Lipinski definition) is 3. The predicted molar refractivity (Wildman–Crippen MR) is 46.6 cm³/mol. The summed E-state index contributed by atoms with van der Waals surface area (Å²) in [5.74, 6) is 0.732. The fourth-order valence-corrected chi connectivity index (χ4v) is 2.82. The van der Waals surface area contributed by atoms with Crippen molar-refractivity contribution in [1.29, 1.82) is 0 Å². The van der Waals surface area contributed by atoms with Gasteiger partial charge in [0.2, 0.25) is 6.29 Å². The molecule has 0 aromatic carbocycles. The zero-order chi connectivity index (χ0) is 9.59. The maximum absolute atomic E-state index is 11.3. The van der Waals surface area contributed by atoms with Crippen molar-refractivity contribution in [1.82, 2.24) is 0 Å². The number of carbonyl (C=O) groups is 1. The topological polar surface area (TPSA) is 46.5 Å². The molecule has 1 N–H and O–H groups in total. The van der Waals surface area contributed by atoms with E-state index in [9.17, 15) is 9.90 Å². The molecule has 1 aliphatic carbocycles. The van der Waals surface area contributed by atoms with Crippen molar-refractivity contribution in [2.75, 3.05) is 0 Å². The van der Waals surface area contributed by atoms with Crippen LogP contribution in [-0.4, -0.2) is 17.4 Å². The fourth-order valence-electron chi connectivity index (χ4n) is 2.82. The average molecular weight is 184 g/mol. The first-order chi connectivity index (χ1) is 6.11. The Morgan fingerprint density at radius 3 is 2.77 bits per heavy atom. The number of carbonyl (C=O) groups excluding carboxylic acids is 1. The van der Waals surface area contributed by atoms with E-state index in [-0.39, 0.29) is 17.8 Å². The molecule has 0 spiro atoms. The van der Waals surface area contributed by atoms with E-state index in [4.69, 9.17) is 4.74 Å². The van der Waals surface area contributed by atoms with Crippen LogP contribution in [0, 0.1) is 23.7 Å². The number of aliphatic hydroxyl groups is 1. The summed E-state index contributed by atoms with van der Waals surface area (Å²) in [5, 5.41) is 9.59. The lowest BCUT2D eigenvalue weighted by molar-refractivity contribution is -0.206. The molecular formula is C10H16O3. The molecular weight excluding hydrogens is 168 g/mol. The van der Waals surface area contributed by atoms with Gasteiger partial charge in [0.15, 0.2) is 0 Å². The van der Waals surface area contributed by atoms with Crippen LogP contribution < -0.4 is 0 Å². The van der Waals surface area contributed by atoms with E-state index < -0.39 is 6.29 Å². The standard InChI is InChI=1S/C10H16O3/c1-5-3-4-7-6(2)9(11)13-10(12)8(5)7/h5-8,10,12H,3-4H2,1-2H3. The molecule has 2 aliphatic rings. The molecule has 1 aliphatic heterocycles. The van der Waals surface area contributed by atoms with Gasteiger partial charge in [-0.2, -0.15) is 0 Å². The highest BCUT2D eigenvalue weighted by atomic mass is 16.6. The minimum Gasteiger partial charge on any atom is -0.435 e. The number of aliphatic hydroxyl groups excluding tert-OH is 1. The summed E-state index contributed by atoms with van der Waals surface area (Å²) in [4.78, 5) is 11.3.